The van der Waals surface area contributed by atoms with E-state index in [-0.39, 0.29) is 11.2 Å². The standard InChI is InChI=1S/C31H35FN4O3S/c1-18-25(27(29(37)38)39-30(2,3)4)26(20-11-13-31(5,6)14-12-20)36-24(34-18)16-23(35-36)28-33-17-22(40-28)15-19-7-9-21(32)10-8-19/h7-11,16-17,27H,12-15H2,1-6H3,(H,37,38)/t27-/m0/s1. The van der Waals surface area contributed by atoms with Crippen LogP contribution in [0.2, 0.25) is 0 Å². The summed E-state index contributed by atoms with van der Waals surface area (Å²) in [7, 11) is 0. The van der Waals surface area contributed by atoms with Crippen LogP contribution in [-0.4, -0.2) is 36.3 Å². The molecule has 1 aromatic carbocycles. The van der Waals surface area contributed by atoms with Crippen molar-refractivity contribution in [1.82, 2.24) is 19.6 Å². The van der Waals surface area contributed by atoms with E-state index in [9.17, 15) is 14.3 Å². The van der Waals surface area contributed by atoms with Gasteiger partial charge in [-0.3, -0.25) is 0 Å². The molecule has 40 heavy (non-hydrogen) atoms. The van der Waals surface area contributed by atoms with Crippen LogP contribution in [0.25, 0.3) is 21.9 Å². The Morgan fingerprint density at radius 2 is 1.98 bits per heavy atom. The number of aryl methyl sites for hydroxylation is 1. The van der Waals surface area contributed by atoms with Gasteiger partial charge in [-0.1, -0.05) is 32.1 Å². The molecule has 0 bridgehead atoms. The van der Waals surface area contributed by atoms with Crippen molar-refractivity contribution < 1.29 is 19.0 Å². The summed E-state index contributed by atoms with van der Waals surface area (Å²) in [6.07, 6.45) is 6.14. The number of ether oxygens (including phenoxy) is 1. The van der Waals surface area contributed by atoms with Crippen LogP contribution in [0, 0.1) is 18.2 Å². The number of halogens is 1. The molecule has 0 unspecified atom stereocenters. The Labute approximate surface area is 237 Å². The van der Waals surface area contributed by atoms with E-state index in [0.717, 1.165) is 46.0 Å². The molecule has 0 fully saturated rings. The third-order valence-corrected chi connectivity index (χ3v) is 8.15. The maximum atomic E-state index is 13.3. The van der Waals surface area contributed by atoms with Crippen LogP contribution < -0.4 is 0 Å². The Bertz CT molecular complexity index is 1600. The number of hydrogen-bond donors (Lipinski definition) is 1. The molecule has 9 heteroatoms. The third-order valence-electron chi connectivity index (χ3n) is 7.13. The Morgan fingerprint density at radius 3 is 2.60 bits per heavy atom. The smallest absolute Gasteiger partial charge is 0.337 e. The summed E-state index contributed by atoms with van der Waals surface area (Å²) < 4.78 is 21.2. The van der Waals surface area contributed by atoms with Crippen LogP contribution in [0.5, 0.6) is 0 Å². The second-order valence-electron chi connectivity index (χ2n) is 12.2. The van der Waals surface area contributed by atoms with Gasteiger partial charge < -0.3 is 9.84 Å². The number of carboxylic acid groups (broad SMARTS) is 1. The molecule has 7 nitrogen and oxygen atoms in total. The number of nitrogens with zero attached hydrogens (tertiary/aromatic N) is 4. The second kappa shape index (κ2) is 10.5. The molecule has 0 saturated heterocycles. The van der Waals surface area contributed by atoms with Gasteiger partial charge in [0.25, 0.3) is 0 Å². The van der Waals surface area contributed by atoms with Gasteiger partial charge in [-0.25, -0.2) is 23.7 Å². The summed E-state index contributed by atoms with van der Waals surface area (Å²) in [5, 5.41) is 16.0. The zero-order valence-electron chi connectivity index (χ0n) is 23.8. The van der Waals surface area contributed by atoms with Crippen molar-refractivity contribution in [2.45, 2.75) is 78.9 Å². The summed E-state index contributed by atoms with van der Waals surface area (Å²) in [5.74, 6) is -1.32. The summed E-state index contributed by atoms with van der Waals surface area (Å²) in [4.78, 5) is 23.0. The fourth-order valence-electron chi connectivity index (χ4n) is 5.05. The number of hydrogen-bond acceptors (Lipinski definition) is 6. The molecule has 0 amide bonds. The van der Waals surface area contributed by atoms with Crippen molar-refractivity contribution >= 4 is 28.5 Å². The minimum Gasteiger partial charge on any atom is -0.479 e. The van der Waals surface area contributed by atoms with E-state index in [1.807, 2.05) is 40.0 Å². The Hall–Kier alpha value is -3.43. The number of carboxylic acids is 1. The molecular formula is C31H35FN4O3S. The van der Waals surface area contributed by atoms with Crippen LogP contribution in [0.1, 0.15) is 87.4 Å². The van der Waals surface area contributed by atoms with Gasteiger partial charge in [0.05, 0.1) is 11.3 Å². The Morgan fingerprint density at radius 1 is 1.25 bits per heavy atom. The Balaban J connectivity index is 1.62. The molecule has 3 aromatic heterocycles. The van der Waals surface area contributed by atoms with Crippen molar-refractivity contribution in [2.75, 3.05) is 0 Å². The molecule has 4 aromatic rings. The monoisotopic (exact) mass is 562 g/mol. The normalized spacial score (nSPS) is 16.2. The number of fused-ring (bicyclic) bond motifs is 1. The highest BCUT2D eigenvalue weighted by molar-refractivity contribution is 7.15. The van der Waals surface area contributed by atoms with Gasteiger partial charge in [-0.2, -0.15) is 5.10 Å². The van der Waals surface area contributed by atoms with Gasteiger partial charge in [-0.15, -0.1) is 11.3 Å². The van der Waals surface area contributed by atoms with E-state index in [1.165, 1.54) is 23.5 Å². The summed E-state index contributed by atoms with van der Waals surface area (Å²) in [5.41, 5.74) is 4.73. The fourth-order valence-corrected chi connectivity index (χ4v) is 5.95. The summed E-state index contributed by atoms with van der Waals surface area (Å²) in [6, 6.07) is 8.37. The zero-order valence-corrected chi connectivity index (χ0v) is 24.6. The highest BCUT2D eigenvalue weighted by Gasteiger charge is 2.35. The molecule has 0 saturated carbocycles. The number of carbonyl (C=O) groups is 1. The van der Waals surface area contributed by atoms with E-state index in [1.54, 1.807) is 16.6 Å². The van der Waals surface area contributed by atoms with Gasteiger partial charge in [0.2, 0.25) is 0 Å². The van der Waals surface area contributed by atoms with Crippen molar-refractivity contribution in [3.05, 3.63) is 75.8 Å². The van der Waals surface area contributed by atoms with Gasteiger partial charge >= 0.3 is 5.97 Å². The number of aromatic nitrogens is 4. The third kappa shape index (κ3) is 6.00. The lowest BCUT2D eigenvalue weighted by molar-refractivity contribution is -0.160. The van der Waals surface area contributed by atoms with E-state index in [4.69, 9.17) is 14.8 Å². The lowest BCUT2D eigenvalue weighted by Gasteiger charge is -2.31. The van der Waals surface area contributed by atoms with Crippen LogP contribution in [-0.2, 0) is 16.0 Å². The molecule has 1 atom stereocenters. The van der Waals surface area contributed by atoms with Crippen molar-refractivity contribution in [3.63, 3.8) is 0 Å². The molecule has 0 spiro atoms. The minimum atomic E-state index is -1.20. The van der Waals surface area contributed by atoms with Crippen LogP contribution in [0.15, 0.2) is 42.6 Å². The molecule has 1 aliphatic carbocycles. The highest BCUT2D eigenvalue weighted by Crippen LogP contribution is 2.42. The molecule has 0 aliphatic heterocycles. The summed E-state index contributed by atoms with van der Waals surface area (Å²) in [6.45, 7) is 11.9. The van der Waals surface area contributed by atoms with E-state index < -0.39 is 17.7 Å². The predicted octanol–water partition coefficient (Wildman–Crippen LogP) is 7.43. The van der Waals surface area contributed by atoms with Gasteiger partial charge in [0, 0.05) is 34.8 Å². The average molecular weight is 563 g/mol. The maximum Gasteiger partial charge on any atom is 0.337 e. The number of allylic oxidation sites excluding steroid dienone is 2. The quantitative estimate of drug-likeness (QED) is 0.252. The highest BCUT2D eigenvalue weighted by atomic mass is 32.1. The molecule has 1 N–H and O–H groups in total. The van der Waals surface area contributed by atoms with E-state index >= 15 is 0 Å². The molecule has 5 rings (SSSR count). The first kappa shape index (κ1) is 28.1. The summed E-state index contributed by atoms with van der Waals surface area (Å²) >= 11 is 1.53. The Kier molecular flexibility index (Phi) is 7.39. The second-order valence-corrected chi connectivity index (χ2v) is 13.4. The van der Waals surface area contributed by atoms with Crippen molar-refractivity contribution in [2.24, 2.45) is 5.41 Å². The van der Waals surface area contributed by atoms with Crippen molar-refractivity contribution in [3.8, 4) is 10.7 Å². The average Bonchev–Trinajstić information content (AvgIpc) is 3.50. The van der Waals surface area contributed by atoms with Crippen LogP contribution in [0.3, 0.4) is 0 Å². The van der Waals surface area contributed by atoms with E-state index in [2.05, 4.69) is 24.9 Å². The SMILES string of the molecule is Cc1nc2cc(-c3ncc(Cc4ccc(F)cc4)s3)nn2c(C2=CCC(C)(C)CC2)c1[C@H](OC(C)(C)C)C(=O)O. The maximum absolute atomic E-state index is 13.3. The van der Waals surface area contributed by atoms with Crippen molar-refractivity contribution in [1.29, 1.82) is 0 Å². The number of benzene rings is 1. The first-order chi connectivity index (χ1) is 18.8. The number of rotatable bonds is 7. The first-order valence-corrected chi connectivity index (χ1v) is 14.3. The van der Waals surface area contributed by atoms with E-state index in [0.29, 0.717) is 29.0 Å². The molecular weight excluding hydrogens is 527 g/mol. The molecule has 1 aliphatic rings. The lowest BCUT2D eigenvalue weighted by Crippen LogP contribution is -2.29. The molecule has 210 valence electrons. The predicted molar refractivity (Wildman–Crippen MR) is 155 cm³/mol. The largest absolute Gasteiger partial charge is 0.479 e. The van der Waals surface area contributed by atoms with Crippen LogP contribution in [0.4, 0.5) is 4.39 Å². The number of thiazole rings is 1. The number of aliphatic carboxylic acids is 1. The topological polar surface area (TPSA) is 89.6 Å². The van der Waals surface area contributed by atoms with Gasteiger partial charge in [-0.05, 0) is 75.6 Å². The van der Waals surface area contributed by atoms with Crippen LogP contribution >= 0.6 is 11.3 Å². The molecule has 0 radical (unpaired) electrons. The lowest BCUT2D eigenvalue weighted by atomic mass is 9.77. The minimum absolute atomic E-state index is 0.177. The van der Waals surface area contributed by atoms with Gasteiger partial charge in [0.15, 0.2) is 11.8 Å². The fraction of sp³-hybridized carbons (Fsp3) is 0.419. The molecule has 3 heterocycles. The zero-order chi connectivity index (χ0) is 28.8. The van der Waals surface area contributed by atoms with Gasteiger partial charge in [0.1, 0.15) is 16.5 Å². The first-order valence-electron chi connectivity index (χ1n) is 13.5.